The number of ether oxygens (including phenoxy) is 1. The van der Waals surface area contributed by atoms with Crippen LogP contribution in [-0.2, 0) is 16.1 Å². The molecule has 0 heterocycles. The van der Waals surface area contributed by atoms with Gasteiger partial charge in [-0.05, 0) is 23.1 Å². The average molecular weight is 248 g/mol. The van der Waals surface area contributed by atoms with E-state index in [2.05, 4.69) is 15.3 Å². The third-order valence-electron chi connectivity index (χ3n) is 2.06. The largest absolute Gasteiger partial charge is 0.445 e. The van der Waals surface area contributed by atoms with Gasteiger partial charge in [0.25, 0.3) is 0 Å². The molecule has 0 aromatic heterocycles. The molecule has 0 saturated heterocycles. The zero-order chi connectivity index (χ0) is 13.4. The van der Waals surface area contributed by atoms with Crippen LogP contribution in [0.5, 0.6) is 0 Å². The van der Waals surface area contributed by atoms with E-state index in [1.165, 1.54) is 6.92 Å². The topological polar surface area (TPSA) is 104 Å². The number of hydrogen-bond donors (Lipinski definition) is 1. The minimum absolute atomic E-state index is 0.106. The van der Waals surface area contributed by atoms with Crippen molar-refractivity contribution in [2.24, 2.45) is 5.11 Å². The van der Waals surface area contributed by atoms with E-state index < -0.39 is 18.0 Å². The number of azide groups is 1. The molecule has 18 heavy (non-hydrogen) atoms. The molecule has 0 aliphatic heterocycles. The van der Waals surface area contributed by atoms with Gasteiger partial charge < -0.3 is 10.1 Å². The lowest BCUT2D eigenvalue weighted by Gasteiger charge is -2.10. The Labute approximate surface area is 103 Å². The van der Waals surface area contributed by atoms with Gasteiger partial charge in [0.2, 0.25) is 5.91 Å². The van der Waals surface area contributed by atoms with Crippen molar-refractivity contribution in [1.29, 1.82) is 0 Å². The quantitative estimate of drug-likeness (QED) is 0.501. The second-order valence-corrected chi connectivity index (χ2v) is 3.46. The van der Waals surface area contributed by atoms with E-state index >= 15 is 0 Å². The molecule has 0 bridgehead atoms. The third-order valence-corrected chi connectivity index (χ3v) is 2.06. The number of hydrogen-bond acceptors (Lipinski definition) is 3. The first kappa shape index (κ1) is 13.5. The van der Waals surface area contributed by atoms with Gasteiger partial charge in [-0.2, -0.15) is 0 Å². The highest BCUT2D eigenvalue weighted by atomic mass is 16.5. The molecular formula is C11H12N4O3. The van der Waals surface area contributed by atoms with Gasteiger partial charge in [0.1, 0.15) is 6.61 Å². The Kier molecular flexibility index (Phi) is 5.21. The zero-order valence-corrected chi connectivity index (χ0v) is 9.74. The molecule has 1 rings (SSSR count). The van der Waals surface area contributed by atoms with Crippen LogP contribution in [0.15, 0.2) is 35.4 Å². The van der Waals surface area contributed by atoms with Crippen molar-refractivity contribution >= 4 is 12.0 Å². The first-order chi connectivity index (χ1) is 8.63. The van der Waals surface area contributed by atoms with Gasteiger partial charge in [0.05, 0.1) is 6.04 Å². The zero-order valence-electron chi connectivity index (χ0n) is 9.74. The molecular weight excluding hydrogens is 236 g/mol. The molecule has 0 aliphatic carbocycles. The average Bonchev–Trinajstić information content (AvgIpc) is 2.38. The van der Waals surface area contributed by atoms with Crippen LogP contribution in [0.25, 0.3) is 10.4 Å². The number of alkyl carbamates (subject to hydrolysis) is 1. The number of rotatable bonds is 4. The fourth-order valence-corrected chi connectivity index (χ4v) is 1.13. The summed E-state index contributed by atoms with van der Waals surface area (Å²) in [5.41, 5.74) is 8.90. The lowest BCUT2D eigenvalue weighted by Crippen LogP contribution is -2.37. The molecule has 1 N–H and O–H groups in total. The molecule has 2 amide bonds. The summed E-state index contributed by atoms with van der Waals surface area (Å²) in [6.07, 6.45) is -0.743. The second kappa shape index (κ2) is 6.93. The van der Waals surface area contributed by atoms with Crippen molar-refractivity contribution in [3.05, 3.63) is 46.3 Å². The first-order valence-corrected chi connectivity index (χ1v) is 5.19. The minimum atomic E-state index is -0.913. The molecule has 1 atom stereocenters. The minimum Gasteiger partial charge on any atom is -0.445 e. The maximum Gasteiger partial charge on any atom is 0.408 e. The first-order valence-electron chi connectivity index (χ1n) is 5.19. The summed E-state index contributed by atoms with van der Waals surface area (Å²) in [6, 6.07) is 8.20. The fraction of sp³-hybridized carbons (Fsp3) is 0.273. The molecule has 94 valence electrons. The summed E-state index contributed by atoms with van der Waals surface area (Å²) in [5, 5.41) is 5.13. The molecule has 7 nitrogen and oxygen atoms in total. The second-order valence-electron chi connectivity index (χ2n) is 3.46. The Bertz CT molecular complexity index is 468. The van der Waals surface area contributed by atoms with Gasteiger partial charge in [0.15, 0.2) is 0 Å². The van der Waals surface area contributed by atoms with Gasteiger partial charge in [-0.3, -0.25) is 4.79 Å². The third kappa shape index (κ3) is 4.54. The number of nitrogens with zero attached hydrogens (tertiary/aromatic N) is 3. The maximum absolute atomic E-state index is 11.3. The van der Waals surface area contributed by atoms with Gasteiger partial charge >= 0.3 is 6.09 Å². The molecule has 1 aromatic carbocycles. The Morgan fingerprint density at radius 2 is 2.11 bits per heavy atom. The van der Waals surface area contributed by atoms with Gasteiger partial charge in [0, 0.05) is 4.91 Å². The smallest absolute Gasteiger partial charge is 0.408 e. The Morgan fingerprint density at radius 3 is 2.72 bits per heavy atom. The van der Waals surface area contributed by atoms with Crippen LogP contribution in [-0.4, -0.2) is 18.0 Å². The predicted octanol–water partition coefficient (Wildman–Crippen LogP) is 2.14. The maximum atomic E-state index is 11.3. The summed E-state index contributed by atoms with van der Waals surface area (Å²) >= 11 is 0. The van der Waals surface area contributed by atoms with Crippen LogP contribution in [0.3, 0.4) is 0 Å². The van der Waals surface area contributed by atoms with Crippen LogP contribution in [0.1, 0.15) is 12.5 Å². The summed E-state index contributed by atoms with van der Waals surface area (Å²) in [5.74, 6) is -0.769. The van der Waals surface area contributed by atoms with Crippen molar-refractivity contribution in [3.8, 4) is 0 Å². The Balaban J connectivity index is 2.38. The van der Waals surface area contributed by atoms with E-state index in [9.17, 15) is 9.59 Å². The number of nitrogens with one attached hydrogen (secondary N) is 1. The summed E-state index contributed by atoms with van der Waals surface area (Å²) < 4.78 is 4.89. The van der Waals surface area contributed by atoms with E-state index in [0.29, 0.717) is 0 Å². The molecule has 0 spiro atoms. The number of amides is 2. The lowest BCUT2D eigenvalue weighted by molar-refractivity contribution is -0.119. The number of carbonyl (C=O) groups excluding carboxylic acids is 2. The number of carbonyl (C=O) groups is 2. The van der Waals surface area contributed by atoms with E-state index in [-0.39, 0.29) is 6.61 Å². The number of benzene rings is 1. The van der Waals surface area contributed by atoms with Gasteiger partial charge in [-0.15, -0.1) is 0 Å². The van der Waals surface area contributed by atoms with Crippen molar-refractivity contribution in [2.45, 2.75) is 19.6 Å². The lowest BCUT2D eigenvalue weighted by atomic mass is 10.2. The van der Waals surface area contributed by atoms with Crippen LogP contribution in [0.4, 0.5) is 4.79 Å². The highest BCUT2D eigenvalue weighted by Gasteiger charge is 2.14. The monoisotopic (exact) mass is 248 g/mol. The van der Waals surface area contributed by atoms with Crippen LogP contribution in [0.2, 0.25) is 0 Å². The molecule has 0 unspecified atom stereocenters. The summed E-state index contributed by atoms with van der Waals surface area (Å²) in [4.78, 5) is 24.7. The normalized spacial score (nSPS) is 10.9. The van der Waals surface area contributed by atoms with E-state index in [1.54, 1.807) is 0 Å². The Morgan fingerprint density at radius 1 is 1.44 bits per heavy atom. The highest BCUT2D eigenvalue weighted by molar-refractivity contribution is 5.85. The Hall–Kier alpha value is -2.53. The predicted molar refractivity (Wildman–Crippen MR) is 63.4 cm³/mol. The van der Waals surface area contributed by atoms with Crippen molar-refractivity contribution in [1.82, 2.24) is 5.32 Å². The van der Waals surface area contributed by atoms with Crippen molar-refractivity contribution < 1.29 is 14.3 Å². The van der Waals surface area contributed by atoms with Crippen LogP contribution < -0.4 is 5.32 Å². The molecule has 7 heteroatoms. The molecule has 0 radical (unpaired) electrons. The summed E-state index contributed by atoms with van der Waals surface area (Å²) in [6.45, 7) is 1.51. The highest BCUT2D eigenvalue weighted by Crippen LogP contribution is 2.00. The van der Waals surface area contributed by atoms with E-state index in [1.807, 2.05) is 30.3 Å². The molecule has 0 saturated carbocycles. The van der Waals surface area contributed by atoms with Gasteiger partial charge in [-0.25, -0.2) is 4.79 Å². The SMILES string of the molecule is C[C@H](NC(=O)OCc1ccccc1)C(=O)N=[N+]=[N-]. The van der Waals surface area contributed by atoms with Crippen molar-refractivity contribution in [2.75, 3.05) is 0 Å². The van der Waals surface area contributed by atoms with Crippen molar-refractivity contribution in [3.63, 3.8) is 0 Å². The molecule has 0 aliphatic rings. The standard InChI is InChI=1S/C11H12N4O3/c1-8(10(16)14-15-12)13-11(17)18-7-9-5-3-2-4-6-9/h2-6,8H,7H2,1H3,(H,13,17)/t8-/m0/s1. The molecule has 0 fully saturated rings. The van der Waals surface area contributed by atoms with Gasteiger partial charge in [-0.1, -0.05) is 30.3 Å². The molecule has 1 aromatic rings. The van der Waals surface area contributed by atoms with E-state index in [4.69, 9.17) is 10.3 Å². The summed E-state index contributed by atoms with van der Waals surface area (Å²) in [7, 11) is 0. The fourth-order valence-electron chi connectivity index (χ4n) is 1.13. The van der Waals surface area contributed by atoms with E-state index in [0.717, 1.165) is 5.56 Å². The van der Waals surface area contributed by atoms with Crippen LogP contribution >= 0.6 is 0 Å². The van der Waals surface area contributed by atoms with Crippen LogP contribution in [0, 0.1) is 0 Å².